The molecule has 0 atom stereocenters. The number of rotatable bonds is 2. The third-order valence-electron chi connectivity index (χ3n) is 1.36. The number of hydrogen-bond donors (Lipinski definition) is 2. The molecule has 0 fully saturated rings. The third kappa shape index (κ3) is 2.13. The van der Waals surface area contributed by atoms with Crippen molar-refractivity contribution in [1.29, 1.82) is 0 Å². The molecule has 0 unspecified atom stereocenters. The molecular formula is C8H6Br2N2O2. The Balaban J connectivity index is 3.38. The van der Waals surface area contributed by atoms with Crippen LogP contribution in [0.4, 0.5) is 0 Å². The highest BCUT2D eigenvalue weighted by atomic mass is 79.9. The van der Waals surface area contributed by atoms with Gasteiger partial charge < -0.3 is 10.2 Å². The molecule has 1 rings (SSSR count). The standard InChI is InChI=1S/C8H6Br2N2O2/c1-3(13)5-7(9)12-6(4(2)14)8(10)11-5/h13-14H,1-2H2. The number of aliphatic hydroxyl groups is 2. The maximum Gasteiger partial charge on any atom is 0.138 e. The molecule has 0 bridgehead atoms. The van der Waals surface area contributed by atoms with Gasteiger partial charge in [0.25, 0.3) is 0 Å². The molecule has 6 heteroatoms. The summed E-state index contributed by atoms with van der Waals surface area (Å²) in [5.74, 6) is -0.416. The summed E-state index contributed by atoms with van der Waals surface area (Å²) >= 11 is 6.17. The lowest BCUT2D eigenvalue weighted by molar-refractivity contribution is 0.503. The normalized spacial score (nSPS) is 9.86. The Morgan fingerprint density at radius 2 is 1.21 bits per heavy atom. The highest BCUT2D eigenvalue weighted by Crippen LogP contribution is 2.25. The molecule has 0 aromatic carbocycles. The van der Waals surface area contributed by atoms with E-state index in [1.807, 2.05) is 0 Å². The minimum Gasteiger partial charge on any atom is -0.506 e. The molecule has 1 heterocycles. The van der Waals surface area contributed by atoms with Gasteiger partial charge in [-0.3, -0.25) is 0 Å². The maximum absolute atomic E-state index is 9.13. The average molecular weight is 322 g/mol. The van der Waals surface area contributed by atoms with Gasteiger partial charge in [0.2, 0.25) is 0 Å². The summed E-state index contributed by atoms with van der Waals surface area (Å²) in [5.41, 5.74) is 0.420. The van der Waals surface area contributed by atoms with Crippen LogP contribution in [0.5, 0.6) is 0 Å². The van der Waals surface area contributed by atoms with E-state index in [1.165, 1.54) is 0 Å². The highest BCUT2D eigenvalue weighted by Gasteiger charge is 2.13. The lowest BCUT2D eigenvalue weighted by Gasteiger charge is -2.05. The predicted octanol–water partition coefficient (Wildman–Crippen LogP) is 3.06. The van der Waals surface area contributed by atoms with Crippen molar-refractivity contribution in [3.05, 3.63) is 33.8 Å². The number of halogens is 2. The first-order chi connectivity index (χ1) is 6.43. The second-order valence-corrected chi connectivity index (χ2v) is 3.90. The molecule has 14 heavy (non-hydrogen) atoms. The molecule has 0 aliphatic carbocycles. The Hall–Kier alpha value is -0.880. The van der Waals surface area contributed by atoms with E-state index in [4.69, 9.17) is 10.2 Å². The molecule has 1 aromatic heterocycles. The lowest BCUT2D eigenvalue weighted by atomic mass is 10.3. The van der Waals surface area contributed by atoms with Gasteiger partial charge in [-0.1, -0.05) is 13.2 Å². The first kappa shape index (κ1) is 11.2. The first-order valence-corrected chi connectivity index (χ1v) is 5.01. The van der Waals surface area contributed by atoms with Crippen molar-refractivity contribution in [3.63, 3.8) is 0 Å². The van der Waals surface area contributed by atoms with Gasteiger partial charge in [-0.2, -0.15) is 0 Å². The molecule has 0 radical (unpaired) electrons. The fourth-order valence-electron chi connectivity index (χ4n) is 0.762. The Labute approximate surface area is 97.3 Å². The van der Waals surface area contributed by atoms with Gasteiger partial charge in [0.15, 0.2) is 0 Å². The SMILES string of the molecule is C=C(O)c1nc(Br)c(C(=C)O)nc1Br. The van der Waals surface area contributed by atoms with Crippen LogP contribution < -0.4 is 0 Å². The highest BCUT2D eigenvalue weighted by molar-refractivity contribution is 9.11. The molecule has 0 saturated heterocycles. The van der Waals surface area contributed by atoms with Gasteiger partial charge in [-0.25, -0.2) is 9.97 Å². The van der Waals surface area contributed by atoms with E-state index >= 15 is 0 Å². The molecule has 2 N–H and O–H groups in total. The van der Waals surface area contributed by atoms with Crippen molar-refractivity contribution in [2.24, 2.45) is 0 Å². The van der Waals surface area contributed by atoms with Gasteiger partial charge in [0.1, 0.15) is 32.1 Å². The zero-order chi connectivity index (χ0) is 10.9. The van der Waals surface area contributed by atoms with E-state index in [1.54, 1.807) is 0 Å². The van der Waals surface area contributed by atoms with E-state index < -0.39 is 0 Å². The first-order valence-electron chi connectivity index (χ1n) is 3.43. The van der Waals surface area contributed by atoms with Gasteiger partial charge in [0, 0.05) is 0 Å². The van der Waals surface area contributed by atoms with Crippen LogP contribution in [-0.4, -0.2) is 20.2 Å². The van der Waals surface area contributed by atoms with Crippen LogP contribution in [-0.2, 0) is 0 Å². The molecule has 0 amide bonds. The minimum atomic E-state index is -0.208. The molecule has 74 valence electrons. The van der Waals surface area contributed by atoms with E-state index in [2.05, 4.69) is 55.0 Å². The monoisotopic (exact) mass is 320 g/mol. The molecule has 0 aliphatic rings. The largest absolute Gasteiger partial charge is 0.506 e. The molecule has 0 aliphatic heterocycles. The molecular weight excluding hydrogens is 316 g/mol. The van der Waals surface area contributed by atoms with Crippen LogP contribution in [0.25, 0.3) is 11.5 Å². The predicted molar refractivity (Wildman–Crippen MR) is 60.8 cm³/mol. The second-order valence-electron chi connectivity index (χ2n) is 2.40. The molecule has 4 nitrogen and oxygen atoms in total. The summed E-state index contributed by atoms with van der Waals surface area (Å²) in [6.07, 6.45) is 0. The second kappa shape index (κ2) is 4.10. The summed E-state index contributed by atoms with van der Waals surface area (Å²) < 4.78 is 0.580. The van der Waals surface area contributed by atoms with E-state index in [0.717, 1.165) is 0 Å². The van der Waals surface area contributed by atoms with Gasteiger partial charge in [-0.05, 0) is 31.9 Å². The minimum absolute atomic E-state index is 0.208. The van der Waals surface area contributed by atoms with Crippen LogP contribution in [0, 0.1) is 0 Å². The summed E-state index contributed by atoms with van der Waals surface area (Å²) in [6, 6.07) is 0. The Kier molecular flexibility index (Phi) is 3.28. The van der Waals surface area contributed by atoms with Crippen LogP contribution in [0.3, 0.4) is 0 Å². The van der Waals surface area contributed by atoms with Crippen molar-refractivity contribution in [2.45, 2.75) is 0 Å². The Morgan fingerprint density at radius 1 is 0.929 bits per heavy atom. The molecule has 1 aromatic rings. The van der Waals surface area contributed by atoms with Crippen LogP contribution in [0.15, 0.2) is 22.4 Å². The van der Waals surface area contributed by atoms with Gasteiger partial charge in [0.05, 0.1) is 0 Å². The van der Waals surface area contributed by atoms with E-state index in [-0.39, 0.29) is 22.9 Å². The summed E-state index contributed by atoms with van der Waals surface area (Å²) in [6.45, 7) is 6.64. The van der Waals surface area contributed by atoms with E-state index in [9.17, 15) is 0 Å². The van der Waals surface area contributed by atoms with Gasteiger partial charge in [-0.15, -0.1) is 0 Å². The lowest BCUT2D eigenvalue weighted by Crippen LogP contribution is -1.99. The quantitative estimate of drug-likeness (QED) is 0.822. The number of hydrogen-bond acceptors (Lipinski definition) is 4. The molecule has 0 saturated carbocycles. The average Bonchev–Trinajstić information content (AvgIpc) is 2.07. The summed E-state index contributed by atoms with van der Waals surface area (Å²) in [7, 11) is 0. The maximum atomic E-state index is 9.13. The topological polar surface area (TPSA) is 66.2 Å². The molecule has 0 spiro atoms. The van der Waals surface area contributed by atoms with Crippen molar-refractivity contribution in [3.8, 4) is 0 Å². The number of aliphatic hydroxyl groups excluding tert-OH is 2. The van der Waals surface area contributed by atoms with Crippen molar-refractivity contribution in [2.75, 3.05) is 0 Å². The van der Waals surface area contributed by atoms with Crippen molar-refractivity contribution < 1.29 is 10.2 Å². The zero-order valence-corrected chi connectivity index (χ0v) is 10.1. The smallest absolute Gasteiger partial charge is 0.138 e. The Bertz CT molecular complexity index is 378. The zero-order valence-electron chi connectivity index (χ0n) is 6.96. The van der Waals surface area contributed by atoms with Crippen molar-refractivity contribution >= 4 is 43.4 Å². The number of aromatic nitrogens is 2. The summed E-state index contributed by atoms with van der Waals surface area (Å²) in [4.78, 5) is 7.86. The summed E-state index contributed by atoms with van der Waals surface area (Å²) in [5, 5.41) is 18.3. The number of nitrogens with zero attached hydrogens (tertiary/aromatic N) is 2. The fraction of sp³-hybridized carbons (Fsp3) is 0. The van der Waals surface area contributed by atoms with Crippen LogP contribution in [0.2, 0.25) is 0 Å². The van der Waals surface area contributed by atoms with E-state index in [0.29, 0.717) is 9.21 Å². The van der Waals surface area contributed by atoms with Crippen LogP contribution >= 0.6 is 31.9 Å². The fourth-order valence-corrected chi connectivity index (χ4v) is 1.75. The Morgan fingerprint density at radius 3 is 1.43 bits per heavy atom. The van der Waals surface area contributed by atoms with Crippen LogP contribution in [0.1, 0.15) is 11.4 Å². The van der Waals surface area contributed by atoms with Crippen molar-refractivity contribution in [1.82, 2.24) is 9.97 Å². The third-order valence-corrected chi connectivity index (χ3v) is 2.46. The van der Waals surface area contributed by atoms with Gasteiger partial charge >= 0.3 is 0 Å².